The molecule has 7 heteroatoms. The molecule has 0 rings (SSSR count). The van der Waals surface area contributed by atoms with E-state index in [1.807, 2.05) is 0 Å². The van der Waals surface area contributed by atoms with Crippen molar-refractivity contribution < 1.29 is 26.3 Å². The Morgan fingerprint density at radius 1 is 1.47 bits per heavy atom. The van der Waals surface area contributed by atoms with Crippen molar-refractivity contribution in [3.8, 4) is 0 Å². The summed E-state index contributed by atoms with van der Waals surface area (Å²) in [6.45, 7) is 9.42. The normalized spacial score (nSPS) is 14.1. The van der Waals surface area contributed by atoms with Crippen LogP contribution in [0.3, 0.4) is 0 Å². The predicted octanol–water partition coefficient (Wildman–Crippen LogP) is 1.53. The van der Waals surface area contributed by atoms with Crippen molar-refractivity contribution in [2.45, 2.75) is 46.0 Å². The van der Waals surface area contributed by atoms with Crippen LogP contribution in [0.4, 0.5) is 0 Å². The lowest BCUT2D eigenvalue weighted by Gasteiger charge is -2.22. The van der Waals surface area contributed by atoms with Gasteiger partial charge in [0, 0.05) is 6.08 Å². The number of hydrogen-bond acceptors (Lipinski definition) is 6. The van der Waals surface area contributed by atoms with Gasteiger partial charge in [0.05, 0.1) is 5.60 Å². The first-order valence-corrected chi connectivity index (χ1v) is 6.42. The number of ether oxygens (including phenoxy) is 1. The molecule has 0 aliphatic rings. The summed E-state index contributed by atoms with van der Waals surface area (Å²) in [5, 5.41) is 0. The first-order valence-electron chi connectivity index (χ1n) is 5.09. The fraction of sp³-hybridized carbons (Fsp3) is 0.700. The molecule has 0 saturated heterocycles. The van der Waals surface area contributed by atoms with Gasteiger partial charge in [-0.2, -0.15) is 8.42 Å². The van der Waals surface area contributed by atoms with E-state index in [2.05, 4.69) is 15.5 Å². The van der Waals surface area contributed by atoms with Crippen LogP contribution in [-0.2, 0) is 28.3 Å². The van der Waals surface area contributed by atoms with Crippen molar-refractivity contribution in [2.75, 3.05) is 0 Å². The Bertz CT molecular complexity index is 370. The van der Waals surface area contributed by atoms with Gasteiger partial charge in [-0.1, -0.05) is 13.5 Å². The Kier molecular flexibility index (Phi) is 5.80. The third kappa shape index (κ3) is 7.09. The number of esters is 1. The highest BCUT2D eigenvalue weighted by atomic mass is 32.3. The van der Waals surface area contributed by atoms with Crippen LogP contribution >= 0.6 is 0 Å². The minimum Gasteiger partial charge on any atom is -0.432 e. The molecule has 1 unspecified atom stereocenters. The number of rotatable bonds is 7. The van der Waals surface area contributed by atoms with E-state index >= 15 is 0 Å². The number of carbonyl (C=O) groups is 1. The summed E-state index contributed by atoms with van der Waals surface area (Å²) in [4.78, 5) is 10.8. The van der Waals surface area contributed by atoms with Crippen LogP contribution in [0.5, 0.6) is 0 Å². The van der Waals surface area contributed by atoms with Gasteiger partial charge in [0.1, 0.15) is 0 Å². The molecule has 0 amide bonds. The van der Waals surface area contributed by atoms with Crippen molar-refractivity contribution in [1.29, 1.82) is 0 Å². The summed E-state index contributed by atoms with van der Waals surface area (Å²) in [6, 6.07) is 0. The van der Waals surface area contributed by atoms with Crippen molar-refractivity contribution in [2.24, 2.45) is 0 Å². The Morgan fingerprint density at radius 2 is 2.00 bits per heavy atom. The summed E-state index contributed by atoms with van der Waals surface area (Å²) in [6.07, 6.45) is 0.123. The summed E-state index contributed by atoms with van der Waals surface area (Å²) < 4.78 is 36.7. The molecule has 0 fully saturated rings. The second kappa shape index (κ2) is 6.13. The quantitative estimate of drug-likeness (QED) is 0.395. The van der Waals surface area contributed by atoms with Crippen LogP contribution < -0.4 is 0 Å². The second-order valence-electron chi connectivity index (χ2n) is 3.91. The van der Waals surface area contributed by atoms with E-state index in [1.54, 1.807) is 20.8 Å². The molecule has 0 radical (unpaired) electrons. The molecule has 17 heavy (non-hydrogen) atoms. The molecule has 0 heterocycles. The topological polar surface area (TPSA) is 78.9 Å². The Balaban J connectivity index is 4.45. The largest absolute Gasteiger partial charge is 0.432 e. The van der Waals surface area contributed by atoms with Gasteiger partial charge >= 0.3 is 16.4 Å². The molecule has 0 spiro atoms. The molecule has 1 atom stereocenters. The zero-order valence-corrected chi connectivity index (χ0v) is 11.2. The van der Waals surface area contributed by atoms with Gasteiger partial charge in [-0.25, -0.2) is 13.2 Å². The van der Waals surface area contributed by atoms with Gasteiger partial charge in [0.15, 0.2) is 0 Å². The SMILES string of the molecule is C=CC(=O)OC(C)OS(=O)(=O)OC(C)(C)CC. The monoisotopic (exact) mass is 266 g/mol. The predicted molar refractivity (Wildman–Crippen MR) is 61.2 cm³/mol. The highest BCUT2D eigenvalue weighted by molar-refractivity contribution is 7.81. The third-order valence-corrected chi connectivity index (χ3v) is 3.04. The molecular weight excluding hydrogens is 248 g/mol. The lowest BCUT2D eigenvalue weighted by atomic mass is 10.1. The van der Waals surface area contributed by atoms with Crippen molar-refractivity contribution in [1.82, 2.24) is 0 Å². The molecule has 0 aromatic rings. The highest BCUT2D eigenvalue weighted by Crippen LogP contribution is 2.18. The van der Waals surface area contributed by atoms with Gasteiger partial charge in [0.2, 0.25) is 6.29 Å². The fourth-order valence-electron chi connectivity index (χ4n) is 0.752. The Labute approximate surface area is 102 Å². The smallest absolute Gasteiger partial charge is 0.403 e. The van der Waals surface area contributed by atoms with Crippen LogP contribution in [0, 0.1) is 0 Å². The van der Waals surface area contributed by atoms with Gasteiger partial charge in [-0.05, 0) is 27.2 Å². The van der Waals surface area contributed by atoms with E-state index in [0.29, 0.717) is 6.42 Å². The van der Waals surface area contributed by atoms with Gasteiger partial charge < -0.3 is 4.74 Å². The molecule has 0 N–H and O–H groups in total. The molecule has 0 aromatic carbocycles. The Morgan fingerprint density at radius 3 is 2.41 bits per heavy atom. The van der Waals surface area contributed by atoms with Crippen LogP contribution in [0.1, 0.15) is 34.1 Å². The van der Waals surface area contributed by atoms with Crippen LogP contribution in [0.2, 0.25) is 0 Å². The van der Waals surface area contributed by atoms with Crippen molar-refractivity contribution in [3.63, 3.8) is 0 Å². The van der Waals surface area contributed by atoms with Crippen molar-refractivity contribution in [3.05, 3.63) is 12.7 Å². The Hall–Kier alpha value is -0.920. The number of hydrogen-bond donors (Lipinski definition) is 0. The lowest BCUT2D eigenvalue weighted by Crippen LogP contribution is -2.31. The van der Waals surface area contributed by atoms with Crippen LogP contribution in [0.15, 0.2) is 12.7 Å². The molecule has 100 valence electrons. The molecule has 6 nitrogen and oxygen atoms in total. The third-order valence-electron chi connectivity index (χ3n) is 1.88. The lowest BCUT2D eigenvalue weighted by molar-refractivity contribution is -0.155. The van der Waals surface area contributed by atoms with Crippen LogP contribution in [0.25, 0.3) is 0 Å². The zero-order chi connectivity index (χ0) is 13.7. The highest BCUT2D eigenvalue weighted by Gasteiger charge is 2.28. The summed E-state index contributed by atoms with van der Waals surface area (Å²) >= 11 is 0. The van der Waals surface area contributed by atoms with E-state index < -0.39 is 28.3 Å². The molecule has 0 aromatic heterocycles. The van der Waals surface area contributed by atoms with Gasteiger partial charge in [-0.15, -0.1) is 0 Å². The minimum atomic E-state index is -4.22. The van der Waals surface area contributed by atoms with E-state index in [-0.39, 0.29) is 0 Å². The second-order valence-corrected chi connectivity index (χ2v) is 5.09. The summed E-state index contributed by atoms with van der Waals surface area (Å²) in [5.41, 5.74) is -0.874. The van der Waals surface area contributed by atoms with E-state index in [1.165, 1.54) is 6.92 Å². The molecule has 0 aliphatic heterocycles. The first kappa shape index (κ1) is 16.1. The molecule has 0 bridgehead atoms. The van der Waals surface area contributed by atoms with Crippen LogP contribution in [-0.4, -0.2) is 26.3 Å². The van der Waals surface area contributed by atoms with Gasteiger partial charge in [0.25, 0.3) is 0 Å². The molecule has 0 saturated carbocycles. The standard InChI is InChI=1S/C10H18O6S/c1-6-9(11)14-8(3)15-17(12,13)16-10(4,5)7-2/h6,8H,1,7H2,2-5H3. The first-order chi connectivity index (χ1) is 7.62. The maximum absolute atomic E-state index is 11.4. The number of carbonyl (C=O) groups excluding carboxylic acids is 1. The molecule has 0 aliphatic carbocycles. The average Bonchev–Trinajstić information content (AvgIpc) is 2.14. The van der Waals surface area contributed by atoms with E-state index in [9.17, 15) is 13.2 Å². The summed E-state index contributed by atoms with van der Waals surface area (Å²) in [5.74, 6) is -0.776. The maximum Gasteiger partial charge on any atom is 0.403 e. The van der Waals surface area contributed by atoms with Gasteiger partial charge in [-0.3, -0.25) is 0 Å². The van der Waals surface area contributed by atoms with E-state index in [0.717, 1.165) is 6.08 Å². The summed E-state index contributed by atoms with van der Waals surface area (Å²) in [7, 11) is -4.22. The van der Waals surface area contributed by atoms with E-state index in [4.69, 9.17) is 4.18 Å². The zero-order valence-electron chi connectivity index (χ0n) is 10.4. The van der Waals surface area contributed by atoms with Crippen molar-refractivity contribution >= 4 is 16.4 Å². The fourth-order valence-corrected chi connectivity index (χ4v) is 1.83. The maximum atomic E-state index is 11.4. The average molecular weight is 266 g/mol. The molecular formula is C10H18O6S. The minimum absolute atomic E-state index is 0.483.